The topological polar surface area (TPSA) is 37.0 Å². The van der Waals surface area contributed by atoms with Gasteiger partial charge in [0.05, 0.1) is 5.92 Å². The fourth-order valence-electron chi connectivity index (χ4n) is 0.419. The first-order valence-electron chi connectivity index (χ1n) is 3.06. The van der Waals surface area contributed by atoms with Crippen LogP contribution < -0.4 is 0 Å². The lowest BCUT2D eigenvalue weighted by molar-refractivity contribution is -0.145. The quantitative estimate of drug-likeness (QED) is 0.530. The van der Waals surface area contributed by atoms with Gasteiger partial charge in [-0.25, -0.2) is 9.90 Å². The Hall–Kier alpha value is -0.790. The molecule has 0 aromatic rings. The number of allylic oxidation sites excluding steroid dienone is 1. The van der Waals surface area contributed by atoms with E-state index >= 15 is 0 Å². The predicted octanol–water partition coefficient (Wildman–Crippen LogP) is 1.55. The number of rotatable bonds is 3. The molecule has 1 radical (unpaired) electrons. The Morgan fingerprint density at radius 1 is 1.67 bits per heavy atom. The maximum absolute atomic E-state index is 10.0. The van der Waals surface area contributed by atoms with Gasteiger partial charge in [-0.15, -0.1) is 0 Å². The van der Waals surface area contributed by atoms with Crippen molar-refractivity contribution >= 4 is 5.97 Å². The highest BCUT2D eigenvalue weighted by Gasteiger charge is 2.06. The third kappa shape index (κ3) is 3.76. The molecule has 0 heterocycles. The normalized spacial score (nSPS) is 14.0. The monoisotopic (exact) mass is 127 g/mol. The molecule has 0 aliphatic rings. The number of hydrogen-bond donors (Lipinski definition) is 0. The van der Waals surface area contributed by atoms with Crippen molar-refractivity contribution < 1.29 is 9.90 Å². The molecule has 0 aliphatic heterocycles. The molecule has 2 nitrogen and oxygen atoms in total. The molecule has 0 N–H and O–H groups in total. The molecule has 0 fully saturated rings. The SMILES string of the molecule is CCC=CC(C)C([O])=O. The molecule has 0 saturated carbocycles. The Kier molecular flexibility index (Phi) is 3.76. The molecule has 0 spiro atoms. The van der Waals surface area contributed by atoms with E-state index in [0.29, 0.717) is 0 Å². The lowest BCUT2D eigenvalue weighted by Crippen LogP contribution is -2.03. The minimum absolute atomic E-state index is 0.454. The van der Waals surface area contributed by atoms with Gasteiger partial charge in [-0.2, -0.15) is 0 Å². The lowest BCUT2D eigenvalue weighted by atomic mass is 10.1. The molecule has 51 valence electrons. The highest BCUT2D eigenvalue weighted by Crippen LogP contribution is 1.97. The first-order valence-corrected chi connectivity index (χ1v) is 3.06. The molecule has 9 heavy (non-hydrogen) atoms. The van der Waals surface area contributed by atoms with E-state index in [4.69, 9.17) is 0 Å². The Balaban J connectivity index is 3.62. The molecule has 0 aromatic heterocycles. The molecule has 1 unspecified atom stereocenters. The largest absolute Gasteiger partial charge is 0.362 e. The second kappa shape index (κ2) is 4.13. The first-order chi connectivity index (χ1) is 4.18. The summed E-state index contributed by atoms with van der Waals surface area (Å²) >= 11 is 0. The van der Waals surface area contributed by atoms with Crippen LogP contribution in [0.25, 0.3) is 0 Å². The predicted molar refractivity (Wildman–Crippen MR) is 34.3 cm³/mol. The maximum Gasteiger partial charge on any atom is 0.362 e. The summed E-state index contributed by atoms with van der Waals surface area (Å²) in [4.78, 5) is 10.0. The van der Waals surface area contributed by atoms with Crippen molar-refractivity contribution in [3.63, 3.8) is 0 Å². The van der Waals surface area contributed by atoms with Crippen LogP contribution in [0.4, 0.5) is 0 Å². The highest BCUT2D eigenvalue weighted by molar-refractivity contribution is 5.71. The zero-order valence-corrected chi connectivity index (χ0v) is 5.76. The molecule has 2 heteroatoms. The first kappa shape index (κ1) is 8.21. The summed E-state index contributed by atoms with van der Waals surface area (Å²) < 4.78 is 0. The fourth-order valence-corrected chi connectivity index (χ4v) is 0.419. The van der Waals surface area contributed by atoms with Crippen LogP contribution in [-0.4, -0.2) is 5.97 Å². The van der Waals surface area contributed by atoms with Crippen LogP contribution in [0, 0.1) is 5.92 Å². The molecule has 1 atom stereocenters. The molecule has 0 rings (SSSR count). The number of carbonyl (C=O) groups excluding carboxylic acids is 1. The van der Waals surface area contributed by atoms with Gasteiger partial charge in [0.15, 0.2) is 0 Å². The van der Waals surface area contributed by atoms with Crippen LogP contribution in [0.2, 0.25) is 0 Å². The van der Waals surface area contributed by atoms with Crippen molar-refractivity contribution in [3.8, 4) is 0 Å². The summed E-state index contributed by atoms with van der Waals surface area (Å²) in [5, 5.41) is 10.0. The van der Waals surface area contributed by atoms with Crippen LogP contribution in [0.5, 0.6) is 0 Å². The standard InChI is InChI=1S/C7H11O2/c1-3-4-5-6(2)7(8)9/h4-6H,3H2,1-2H3. The van der Waals surface area contributed by atoms with E-state index in [1.807, 2.05) is 13.0 Å². The van der Waals surface area contributed by atoms with Crippen molar-refractivity contribution in [2.45, 2.75) is 20.3 Å². The van der Waals surface area contributed by atoms with Crippen molar-refractivity contribution in [1.29, 1.82) is 0 Å². The lowest BCUT2D eigenvalue weighted by Gasteiger charge is -1.91. The molecule has 0 amide bonds. The average molecular weight is 127 g/mol. The second-order valence-corrected chi connectivity index (χ2v) is 1.94. The summed E-state index contributed by atoms with van der Waals surface area (Å²) in [6, 6.07) is 0. The van der Waals surface area contributed by atoms with Gasteiger partial charge in [0, 0.05) is 0 Å². The van der Waals surface area contributed by atoms with Crippen LogP contribution >= 0.6 is 0 Å². The smallest absolute Gasteiger partial charge is 0.247 e. The van der Waals surface area contributed by atoms with Gasteiger partial charge >= 0.3 is 5.97 Å². The molecule has 0 aliphatic carbocycles. The van der Waals surface area contributed by atoms with Crippen molar-refractivity contribution in [2.24, 2.45) is 5.92 Å². The zero-order chi connectivity index (χ0) is 7.28. The van der Waals surface area contributed by atoms with Crippen LogP contribution in [0.15, 0.2) is 12.2 Å². The summed E-state index contributed by atoms with van der Waals surface area (Å²) in [7, 11) is 0. The van der Waals surface area contributed by atoms with Gasteiger partial charge < -0.3 is 0 Å². The van der Waals surface area contributed by atoms with Crippen molar-refractivity contribution in [3.05, 3.63) is 12.2 Å². The van der Waals surface area contributed by atoms with Crippen LogP contribution in [0.3, 0.4) is 0 Å². The summed E-state index contributed by atoms with van der Waals surface area (Å²) in [6.45, 7) is 3.56. The molecule has 0 bridgehead atoms. The minimum Gasteiger partial charge on any atom is -0.247 e. The highest BCUT2D eigenvalue weighted by atomic mass is 16.4. The van der Waals surface area contributed by atoms with E-state index in [9.17, 15) is 9.90 Å². The van der Waals surface area contributed by atoms with E-state index in [1.54, 1.807) is 13.0 Å². The second-order valence-electron chi connectivity index (χ2n) is 1.94. The van der Waals surface area contributed by atoms with Gasteiger partial charge in [0.1, 0.15) is 0 Å². The minimum atomic E-state index is -1.01. The Bertz CT molecular complexity index is 116. The van der Waals surface area contributed by atoms with E-state index in [1.165, 1.54) is 0 Å². The summed E-state index contributed by atoms with van der Waals surface area (Å²) in [5.74, 6) is -1.47. The van der Waals surface area contributed by atoms with Crippen molar-refractivity contribution in [2.75, 3.05) is 0 Å². The Morgan fingerprint density at radius 3 is 2.56 bits per heavy atom. The number of hydrogen-bond acceptors (Lipinski definition) is 1. The van der Waals surface area contributed by atoms with Gasteiger partial charge in [0.2, 0.25) is 0 Å². The summed E-state index contributed by atoms with van der Waals surface area (Å²) in [5.41, 5.74) is 0. The van der Waals surface area contributed by atoms with E-state index in [2.05, 4.69) is 0 Å². The van der Waals surface area contributed by atoms with Gasteiger partial charge in [-0.05, 0) is 13.3 Å². The van der Waals surface area contributed by atoms with Gasteiger partial charge in [0.25, 0.3) is 0 Å². The summed E-state index contributed by atoms with van der Waals surface area (Å²) in [6.07, 6.45) is 4.33. The third-order valence-corrected chi connectivity index (χ3v) is 1.03. The molecule has 0 saturated heterocycles. The molecule has 0 aromatic carbocycles. The maximum atomic E-state index is 10.0. The van der Waals surface area contributed by atoms with Gasteiger partial charge in [-0.3, -0.25) is 0 Å². The fraction of sp³-hybridized carbons (Fsp3) is 0.571. The third-order valence-electron chi connectivity index (χ3n) is 1.03. The van der Waals surface area contributed by atoms with Crippen LogP contribution in [-0.2, 0) is 9.90 Å². The number of carbonyl (C=O) groups is 1. The Morgan fingerprint density at radius 2 is 2.22 bits per heavy atom. The molecular formula is C7H11O2. The Labute approximate surface area is 55.2 Å². The molecular weight excluding hydrogens is 116 g/mol. The van der Waals surface area contributed by atoms with Gasteiger partial charge in [-0.1, -0.05) is 19.1 Å². The average Bonchev–Trinajstić information content (AvgIpc) is 1.82. The van der Waals surface area contributed by atoms with E-state index in [-0.39, 0.29) is 0 Å². The van der Waals surface area contributed by atoms with E-state index in [0.717, 1.165) is 6.42 Å². The van der Waals surface area contributed by atoms with Crippen molar-refractivity contribution in [1.82, 2.24) is 0 Å². The van der Waals surface area contributed by atoms with Crippen LogP contribution in [0.1, 0.15) is 20.3 Å². The zero-order valence-electron chi connectivity index (χ0n) is 5.76. The van der Waals surface area contributed by atoms with E-state index < -0.39 is 11.9 Å².